The first-order valence-electron chi connectivity index (χ1n) is 8.54. The van der Waals surface area contributed by atoms with Gasteiger partial charge in [-0.05, 0) is 31.0 Å². The number of benzene rings is 1. The molecule has 1 saturated heterocycles. The van der Waals surface area contributed by atoms with Crippen LogP contribution in [0.25, 0.3) is 0 Å². The lowest BCUT2D eigenvalue weighted by Crippen LogP contribution is -2.37. The van der Waals surface area contributed by atoms with Gasteiger partial charge in [-0.3, -0.25) is 9.59 Å². The summed E-state index contributed by atoms with van der Waals surface area (Å²) in [4.78, 5) is 26.3. The van der Waals surface area contributed by atoms with Crippen LogP contribution < -0.4 is 15.5 Å². The second-order valence-electron chi connectivity index (χ2n) is 5.93. The molecule has 126 valence electrons. The van der Waals surface area contributed by atoms with Gasteiger partial charge in [0.05, 0.1) is 5.92 Å². The molecule has 1 aliphatic heterocycles. The van der Waals surface area contributed by atoms with Crippen molar-refractivity contribution in [3.8, 4) is 0 Å². The molecule has 2 amide bonds. The number of hydrogen-bond acceptors (Lipinski definition) is 3. The van der Waals surface area contributed by atoms with E-state index in [4.69, 9.17) is 0 Å². The molecule has 1 aromatic carbocycles. The smallest absolute Gasteiger partial charge is 0.227 e. The summed E-state index contributed by atoms with van der Waals surface area (Å²) in [6.45, 7) is 6.99. The molecular formula is C18H27N3O2. The van der Waals surface area contributed by atoms with Gasteiger partial charge in [0, 0.05) is 31.7 Å². The van der Waals surface area contributed by atoms with E-state index in [1.54, 1.807) is 4.90 Å². The van der Waals surface area contributed by atoms with Gasteiger partial charge < -0.3 is 15.5 Å². The number of aryl methyl sites for hydroxylation is 1. The normalized spacial score (nSPS) is 17.6. The molecule has 1 aliphatic rings. The minimum absolute atomic E-state index is 0.0203. The lowest BCUT2D eigenvalue weighted by molar-refractivity contribution is -0.126. The van der Waals surface area contributed by atoms with Crippen molar-refractivity contribution in [2.45, 2.75) is 33.1 Å². The summed E-state index contributed by atoms with van der Waals surface area (Å²) in [6, 6.07) is 7.92. The fourth-order valence-electron chi connectivity index (χ4n) is 2.91. The zero-order valence-corrected chi connectivity index (χ0v) is 14.1. The first kappa shape index (κ1) is 17.5. The highest BCUT2D eigenvalue weighted by molar-refractivity contribution is 6.00. The zero-order chi connectivity index (χ0) is 16.7. The second kappa shape index (κ2) is 8.67. The Morgan fingerprint density at radius 1 is 1.22 bits per heavy atom. The van der Waals surface area contributed by atoms with Gasteiger partial charge >= 0.3 is 0 Å². The summed E-state index contributed by atoms with van der Waals surface area (Å²) >= 11 is 0. The zero-order valence-electron chi connectivity index (χ0n) is 14.1. The molecule has 2 N–H and O–H groups in total. The van der Waals surface area contributed by atoms with Gasteiger partial charge in [0.25, 0.3) is 0 Å². The van der Waals surface area contributed by atoms with Crippen LogP contribution in [0.3, 0.4) is 0 Å². The Labute approximate surface area is 138 Å². The van der Waals surface area contributed by atoms with Crippen molar-refractivity contribution < 1.29 is 9.59 Å². The SMILES string of the molecule is CCCNCCNC(=O)C1CC(=O)N(c2ccccc2CC)C1. The van der Waals surface area contributed by atoms with E-state index >= 15 is 0 Å². The average Bonchev–Trinajstić information content (AvgIpc) is 2.96. The van der Waals surface area contributed by atoms with E-state index in [1.165, 1.54) is 0 Å². The Kier molecular flexibility index (Phi) is 6.59. The number of para-hydroxylation sites is 1. The minimum atomic E-state index is -0.251. The van der Waals surface area contributed by atoms with E-state index in [2.05, 4.69) is 24.5 Å². The molecule has 0 spiro atoms. The number of nitrogens with one attached hydrogen (secondary N) is 2. The molecule has 1 fully saturated rings. The molecule has 2 rings (SSSR count). The molecule has 23 heavy (non-hydrogen) atoms. The van der Waals surface area contributed by atoms with Gasteiger partial charge in [0.2, 0.25) is 11.8 Å². The van der Waals surface area contributed by atoms with Gasteiger partial charge in [-0.2, -0.15) is 0 Å². The third-order valence-corrected chi connectivity index (χ3v) is 4.19. The van der Waals surface area contributed by atoms with E-state index < -0.39 is 0 Å². The molecule has 0 bridgehead atoms. The summed E-state index contributed by atoms with van der Waals surface area (Å²) < 4.78 is 0. The minimum Gasteiger partial charge on any atom is -0.355 e. The molecule has 1 heterocycles. The third kappa shape index (κ3) is 4.55. The first-order chi connectivity index (χ1) is 11.2. The number of amides is 2. The highest BCUT2D eigenvalue weighted by Crippen LogP contribution is 2.28. The topological polar surface area (TPSA) is 61.4 Å². The Hall–Kier alpha value is -1.88. The van der Waals surface area contributed by atoms with Crippen molar-refractivity contribution in [3.63, 3.8) is 0 Å². The van der Waals surface area contributed by atoms with Crippen LogP contribution in [0.2, 0.25) is 0 Å². The Bertz CT molecular complexity index is 545. The van der Waals surface area contributed by atoms with Crippen molar-refractivity contribution >= 4 is 17.5 Å². The first-order valence-corrected chi connectivity index (χ1v) is 8.54. The predicted octanol–water partition coefficient (Wildman–Crippen LogP) is 1.72. The molecule has 5 nitrogen and oxygen atoms in total. The maximum absolute atomic E-state index is 12.3. The number of nitrogens with zero attached hydrogens (tertiary/aromatic N) is 1. The van der Waals surface area contributed by atoms with Crippen LogP contribution in [0.15, 0.2) is 24.3 Å². The predicted molar refractivity (Wildman–Crippen MR) is 92.5 cm³/mol. The average molecular weight is 317 g/mol. The van der Waals surface area contributed by atoms with Gasteiger partial charge in [-0.25, -0.2) is 0 Å². The van der Waals surface area contributed by atoms with Gasteiger partial charge in [0.1, 0.15) is 0 Å². The van der Waals surface area contributed by atoms with Crippen LogP contribution in [0.1, 0.15) is 32.3 Å². The second-order valence-corrected chi connectivity index (χ2v) is 5.93. The van der Waals surface area contributed by atoms with E-state index in [9.17, 15) is 9.59 Å². The van der Waals surface area contributed by atoms with Crippen LogP contribution in [0.5, 0.6) is 0 Å². The van der Waals surface area contributed by atoms with E-state index in [0.29, 0.717) is 19.5 Å². The summed E-state index contributed by atoms with van der Waals surface area (Å²) in [7, 11) is 0. The molecule has 1 atom stereocenters. The summed E-state index contributed by atoms with van der Waals surface area (Å²) in [6.07, 6.45) is 2.25. The lowest BCUT2D eigenvalue weighted by Gasteiger charge is -2.20. The Morgan fingerprint density at radius 3 is 2.74 bits per heavy atom. The summed E-state index contributed by atoms with van der Waals surface area (Å²) in [5.74, 6) is -0.234. The van der Waals surface area contributed by atoms with Crippen molar-refractivity contribution in [2.75, 3.05) is 31.1 Å². The van der Waals surface area contributed by atoms with Crippen LogP contribution in [0, 0.1) is 5.92 Å². The van der Waals surface area contributed by atoms with Crippen LogP contribution in [-0.2, 0) is 16.0 Å². The van der Waals surface area contributed by atoms with Gasteiger partial charge in [-0.15, -0.1) is 0 Å². The summed E-state index contributed by atoms with van der Waals surface area (Å²) in [5.41, 5.74) is 2.09. The largest absolute Gasteiger partial charge is 0.355 e. The number of hydrogen-bond donors (Lipinski definition) is 2. The number of anilines is 1. The van der Waals surface area contributed by atoms with E-state index in [-0.39, 0.29) is 17.7 Å². The molecule has 0 aromatic heterocycles. The standard InChI is InChI=1S/C18H27N3O2/c1-3-9-19-10-11-20-18(23)15-12-17(22)21(13-15)16-8-6-5-7-14(16)4-2/h5-8,15,19H,3-4,9-13H2,1-2H3,(H,20,23). The van der Waals surface area contributed by atoms with Crippen LogP contribution in [-0.4, -0.2) is 38.0 Å². The number of rotatable bonds is 8. The lowest BCUT2D eigenvalue weighted by atomic mass is 10.1. The van der Waals surface area contributed by atoms with Crippen molar-refractivity contribution in [1.82, 2.24) is 10.6 Å². The van der Waals surface area contributed by atoms with Crippen LogP contribution in [0.4, 0.5) is 5.69 Å². The Balaban J connectivity index is 1.90. The van der Waals surface area contributed by atoms with Gasteiger partial charge in [0.15, 0.2) is 0 Å². The van der Waals surface area contributed by atoms with Crippen LogP contribution >= 0.6 is 0 Å². The third-order valence-electron chi connectivity index (χ3n) is 4.19. The Morgan fingerprint density at radius 2 is 2.00 bits per heavy atom. The molecule has 0 saturated carbocycles. The fraction of sp³-hybridized carbons (Fsp3) is 0.556. The molecule has 1 unspecified atom stereocenters. The highest BCUT2D eigenvalue weighted by Gasteiger charge is 2.35. The molecular weight excluding hydrogens is 290 g/mol. The van der Waals surface area contributed by atoms with Crippen molar-refractivity contribution in [1.29, 1.82) is 0 Å². The maximum Gasteiger partial charge on any atom is 0.227 e. The molecule has 5 heteroatoms. The highest BCUT2D eigenvalue weighted by atomic mass is 16.2. The van der Waals surface area contributed by atoms with Gasteiger partial charge in [-0.1, -0.05) is 32.0 Å². The molecule has 0 aliphatic carbocycles. The number of carbonyl (C=O) groups excluding carboxylic acids is 2. The number of carbonyl (C=O) groups is 2. The monoisotopic (exact) mass is 317 g/mol. The quantitative estimate of drug-likeness (QED) is 0.718. The maximum atomic E-state index is 12.3. The molecule has 0 radical (unpaired) electrons. The molecule has 1 aromatic rings. The van der Waals surface area contributed by atoms with Crippen molar-refractivity contribution in [2.24, 2.45) is 5.92 Å². The van der Waals surface area contributed by atoms with E-state index in [1.807, 2.05) is 24.3 Å². The van der Waals surface area contributed by atoms with Crippen molar-refractivity contribution in [3.05, 3.63) is 29.8 Å². The summed E-state index contributed by atoms with van der Waals surface area (Å²) in [5, 5.41) is 6.17. The fourth-order valence-corrected chi connectivity index (χ4v) is 2.91. The van der Waals surface area contributed by atoms with E-state index in [0.717, 1.165) is 37.2 Å².